The lowest BCUT2D eigenvalue weighted by Crippen LogP contribution is -2.17. The molecule has 0 saturated carbocycles. The first-order chi connectivity index (χ1) is 8.69. The number of hydrogen-bond donors (Lipinski definition) is 1. The summed E-state index contributed by atoms with van der Waals surface area (Å²) in [5.41, 5.74) is 1.12. The number of benzene rings is 1. The number of carbonyl (C=O) groups excluding carboxylic acids is 2. The molecule has 0 saturated heterocycles. The molecule has 18 heavy (non-hydrogen) atoms. The Morgan fingerprint density at radius 3 is 2.50 bits per heavy atom. The normalized spacial score (nSPS) is 9.22. The van der Waals surface area contributed by atoms with Crippen molar-refractivity contribution in [2.75, 3.05) is 12.4 Å². The van der Waals surface area contributed by atoms with Crippen molar-refractivity contribution in [3.05, 3.63) is 35.4 Å². The molecule has 0 atom stereocenters. The monoisotopic (exact) mass is 262 g/mol. The van der Waals surface area contributed by atoms with Crippen LogP contribution in [0.2, 0.25) is 0 Å². The number of Topliss-reactive ketones (excluding diaryl/α,β-unsaturated/α-hetero) is 1. The van der Waals surface area contributed by atoms with Crippen LogP contribution in [0, 0.1) is 11.8 Å². The standard InChI is InChI=1S/C14H14O3S/c1-2-17-14(16)13(15)12-8-6-11(7-9-12)5-3-4-10-18/h6-9,18H,2,4,10H2,1H3. The molecule has 4 heteroatoms. The van der Waals surface area contributed by atoms with Crippen LogP contribution in [0.15, 0.2) is 24.3 Å². The van der Waals surface area contributed by atoms with Gasteiger partial charge in [0.2, 0.25) is 0 Å². The van der Waals surface area contributed by atoms with Crippen molar-refractivity contribution in [2.24, 2.45) is 0 Å². The van der Waals surface area contributed by atoms with E-state index >= 15 is 0 Å². The van der Waals surface area contributed by atoms with Gasteiger partial charge in [-0.15, -0.1) is 0 Å². The number of rotatable bonds is 4. The van der Waals surface area contributed by atoms with Crippen LogP contribution in [-0.4, -0.2) is 24.1 Å². The first-order valence-corrected chi connectivity index (χ1v) is 6.23. The fourth-order valence-corrected chi connectivity index (χ4v) is 1.35. The molecule has 0 amide bonds. The van der Waals surface area contributed by atoms with Gasteiger partial charge in [-0.25, -0.2) is 4.79 Å². The van der Waals surface area contributed by atoms with Crippen molar-refractivity contribution in [1.82, 2.24) is 0 Å². The summed E-state index contributed by atoms with van der Waals surface area (Å²) in [5.74, 6) is 5.13. The van der Waals surface area contributed by atoms with E-state index in [1.54, 1.807) is 31.2 Å². The van der Waals surface area contributed by atoms with E-state index in [0.29, 0.717) is 17.7 Å². The minimum Gasteiger partial charge on any atom is -0.460 e. The van der Waals surface area contributed by atoms with Gasteiger partial charge in [-0.1, -0.05) is 11.8 Å². The van der Waals surface area contributed by atoms with Crippen LogP contribution in [0.5, 0.6) is 0 Å². The maximum absolute atomic E-state index is 11.6. The molecule has 0 fully saturated rings. The number of thiol groups is 1. The van der Waals surface area contributed by atoms with Crippen molar-refractivity contribution >= 4 is 24.4 Å². The molecule has 1 aromatic rings. The summed E-state index contributed by atoms with van der Waals surface area (Å²) in [5, 5.41) is 0. The van der Waals surface area contributed by atoms with E-state index in [1.165, 1.54) is 0 Å². The van der Waals surface area contributed by atoms with E-state index in [2.05, 4.69) is 29.2 Å². The van der Waals surface area contributed by atoms with E-state index in [1.807, 2.05) is 0 Å². The molecule has 94 valence electrons. The second-order valence-electron chi connectivity index (χ2n) is 3.40. The molecule has 0 spiro atoms. The maximum atomic E-state index is 11.6. The minimum absolute atomic E-state index is 0.192. The number of esters is 1. The van der Waals surface area contributed by atoms with Gasteiger partial charge in [-0.2, -0.15) is 12.6 Å². The smallest absolute Gasteiger partial charge is 0.379 e. The first kappa shape index (κ1) is 14.3. The second-order valence-corrected chi connectivity index (χ2v) is 3.85. The Kier molecular flexibility index (Phi) is 6.03. The molecule has 3 nitrogen and oxygen atoms in total. The Hall–Kier alpha value is -1.73. The van der Waals surface area contributed by atoms with Gasteiger partial charge in [0, 0.05) is 23.3 Å². The highest BCUT2D eigenvalue weighted by Crippen LogP contribution is 2.05. The number of ether oxygens (including phenoxy) is 1. The number of carbonyl (C=O) groups is 2. The maximum Gasteiger partial charge on any atom is 0.379 e. The van der Waals surface area contributed by atoms with Crippen molar-refractivity contribution in [2.45, 2.75) is 13.3 Å². The van der Waals surface area contributed by atoms with Gasteiger partial charge < -0.3 is 4.74 Å². The van der Waals surface area contributed by atoms with Crippen LogP contribution < -0.4 is 0 Å². The topological polar surface area (TPSA) is 43.4 Å². The van der Waals surface area contributed by atoms with Crippen molar-refractivity contribution < 1.29 is 14.3 Å². The van der Waals surface area contributed by atoms with Gasteiger partial charge in [-0.3, -0.25) is 4.79 Å². The van der Waals surface area contributed by atoms with Crippen molar-refractivity contribution in [3.63, 3.8) is 0 Å². The average Bonchev–Trinajstić information content (AvgIpc) is 2.39. The predicted molar refractivity (Wildman–Crippen MR) is 72.8 cm³/mol. The van der Waals surface area contributed by atoms with Crippen LogP contribution in [-0.2, 0) is 9.53 Å². The molecule has 0 unspecified atom stereocenters. The molecule has 1 rings (SSSR count). The fraction of sp³-hybridized carbons (Fsp3) is 0.286. The lowest BCUT2D eigenvalue weighted by atomic mass is 10.1. The van der Waals surface area contributed by atoms with E-state index in [-0.39, 0.29) is 6.61 Å². The van der Waals surface area contributed by atoms with Gasteiger partial charge in [0.1, 0.15) is 0 Å². The molecular formula is C14H14O3S. The van der Waals surface area contributed by atoms with Crippen LogP contribution >= 0.6 is 12.6 Å². The van der Waals surface area contributed by atoms with Gasteiger partial charge in [-0.05, 0) is 31.2 Å². The third kappa shape index (κ3) is 4.27. The summed E-state index contributed by atoms with van der Waals surface area (Å²) in [6.07, 6.45) is 0.715. The highest BCUT2D eigenvalue weighted by Gasteiger charge is 2.16. The summed E-state index contributed by atoms with van der Waals surface area (Å²) >= 11 is 4.05. The fourth-order valence-electron chi connectivity index (χ4n) is 1.24. The van der Waals surface area contributed by atoms with E-state index < -0.39 is 11.8 Å². The SMILES string of the molecule is CCOC(=O)C(=O)c1ccc(C#CCCS)cc1. The molecule has 1 aromatic carbocycles. The van der Waals surface area contributed by atoms with Gasteiger partial charge in [0.15, 0.2) is 0 Å². The first-order valence-electron chi connectivity index (χ1n) is 5.60. The Morgan fingerprint density at radius 2 is 1.94 bits per heavy atom. The molecule has 0 aromatic heterocycles. The molecule has 0 aliphatic heterocycles. The Bertz CT molecular complexity index is 480. The van der Waals surface area contributed by atoms with E-state index in [0.717, 1.165) is 5.56 Å². The molecule has 0 radical (unpaired) electrons. The van der Waals surface area contributed by atoms with Crippen LogP contribution in [0.4, 0.5) is 0 Å². The molecule has 0 N–H and O–H groups in total. The second kappa shape index (κ2) is 7.57. The average molecular weight is 262 g/mol. The zero-order valence-electron chi connectivity index (χ0n) is 10.1. The lowest BCUT2D eigenvalue weighted by Gasteiger charge is -2.00. The summed E-state index contributed by atoms with van der Waals surface area (Å²) in [4.78, 5) is 22.8. The third-order valence-electron chi connectivity index (χ3n) is 2.08. The van der Waals surface area contributed by atoms with Crippen LogP contribution in [0.1, 0.15) is 29.3 Å². The Morgan fingerprint density at radius 1 is 1.28 bits per heavy atom. The van der Waals surface area contributed by atoms with Crippen LogP contribution in [0.3, 0.4) is 0 Å². The van der Waals surface area contributed by atoms with E-state index in [4.69, 9.17) is 0 Å². The molecular weight excluding hydrogens is 248 g/mol. The summed E-state index contributed by atoms with van der Waals surface area (Å²) < 4.78 is 4.64. The largest absolute Gasteiger partial charge is 0.460 e. The lowest BCUT2D eigenvalue weighted by molar-refractivity contribution is -0.137. The van der Waals surface area contributed by atoms with Gasteiger partial charge >= 0.3 is 5.97 Å². The molecule has 0 heterocycles. The highest BCUT2D eigenvalue weighted by atomic mass is 32.1. The summed E-state index contributed by atoms with van der Waals surface area (Å²) in [6.45, 7) is 1.85. The van der Waals surface area contributed by atoms with Gasteiger partial charge in [0.25, 0.3) is 5.78 Å². The predicted octanol–water partition coefficient (Wildman–Crippen LogP) is 2.10. The molecule has 0 bridgehead atoms. The number of ketones is 1. The third-order valence-corrected chi connectivity index (χ3v) is 2.30. The van der Waals surface area contributed by atoms with Crippen molar-refractivity contribution in [3.8, 4) is 11.8 Å². The van der Waals surface area contributed by atoms with E-state index in [9.17, 15) is 9.59 Å². The summed E-state index contributed by atoms with van der Waals surface area (Å²) in [6, 6.07) is 6.56. The minimum atomic E-state index is -0.827. The zero-order valence-corrected chi connectivity index (χ0v) is 11.0. The molecule has 0 aliphatic rings. The zero-order chi connectivity index (χ0) is 13.4. The highest BCUT2D eigenvalue weighted by molar-refractivity contribution is 7.80. The quantitative estimate of drug-likeness (QED) is 0.297. The summed E-state index contributed by atoms with van der Waals surface area (Å²) in [7, 11) is 0. The Balaban J connectivity index is 2.74. The van der Waals surface area contributed by atoms with Crippen LogP contribution in [0.25, 0.3) is 0 Å². The van der Waals surface area contributed by atoms with Gasteiger partial charge in [0.05, 0.1) is 6.61 Å². The molecule has 0 aliphatic carbocycles. The van der Waals surface area contributed by atoms with Crippen molar-refractivity contribution in [1.29, 1.82) is 0 Å². The number of hydrogen-bond acceptors (Lipinski definition) is 4. The Labute approximate surface area is 112 Å².